The summed E-state index contributed by atoms with van der Waals surface area (Å²) in [7, 11) is 0. The van der Waals surface area contributed by atoms with Gasteiger partial charge in [0.25, 0.3) is 0 Å². The van der Waals surface area contributed by atoms with Crippen molar-refractivity contribution in [1.29, 1.82) is 0 Å². The molecular formula is C8H14N2O2. The van der Waals surface area contributed by atoms with Gasteiger partial charge in [0.05, 0.1) is 0 Å². The van der Waals surface area contributed by atoms with Crippen molar-refractivity contribution in [1.82, 2.24) is 10.6 Å². The Morgan fingerprint density at radius 2 is 2.17 bits per heavy atom. The van der Waals surface area contributed by atoms with Gasteiger partial charge in [0.2, 0.25) is 5.91 Å². The zero-order valence-electron chi connectivity index (χ0n) is 7.39. The summed E-state index contributed by atoms with van der Waals surface area (Å²) >= 11 is 0. The van der Waals surface area contributed by atoms with E-state index in [1.807, 2.05) is 13.8 Å². The molecule has 1 atom stereocenters. The summed E-state index contributed by atoms with van der Waals surface area (Å²) in [6.45, 7) is 4.30. The van der Waals surface area contributed by atoms with E-state index >= 15 is 0 Å². The van der Waals surface area contributed by atoms with Gasteiger partial charge in [0.1, 0.15) is 6.04 Å². The van der Waals surface area contributed by atoms with Crippen LogP contribution in [0.5, 0.6) is 0 Å². The van der Waals surface area contributed by atoms with Gasteiger partial charge in [-0.2, -0.15) is 0 Å². The Kier molecular flexibility index (Phi) is 2.81. The molecule has 1 aliphatic heterocycles. The number of carbonyl (C=O) groups is 2. The summed E-state index contributed by atoms with van der Waals surface area (Å²) in [4.78, 5) is 22.4. The molecule has 1 rings (SSSR count). The first-order valence-corrected chi connectivity index (χ1v) is 4.17. The van der Waals surface area contributed by atoms with E-state index in [9.17, 15) is 9.59 Å². The second kappa shape index (κ2) is 3.67. The maximum Gasteiger partial charge on any atom is 0.244 e. The van der Waals surface area contributed by atoms with Crippen LogP contribution in [0.25, 0.3) is 0 Å². The molecule has 2 N–H and O–H groups in total. The van der Waals surface area contributed by atoms with E-state index < -0.39 is 6.04 Å². The number of rotatable bonds is 2. The van der Waals surface area contributed by atoms with E-state index in [4.69, 9.17) is 0 Å². The summed E-state index contributed by atoms with van der Waals surface area (Å²) < 4.78 is 0. The van der Waals surface area contributed by atoms with Crippen LogP contribution in [-0.4, -0.2) is 30.3 Å². The molecule has 68 valence electrons. The van der Waals surface area contributed by atoms with Gasteiger partial charge in [0.15, 0.2) is 5.78 Å². The van der Waals surface area contributed by atoms with Crippen LogP contribution in [0.3, 0.4) is 0 Å². The second-order valence-corrected chi connectivity index (χ2v) is 3.26. The van der Waals surface area contributed by atoms with Crippen LogP contribution in [0.2, 0.25) is 0 Å². The molecule has 0 aliphatic carbocycles. The van der Waals surface area contributed by atoms with Crippen molar-refractivity contribution in [3.8, 4) is 0 Å². The highest BCUT2D eigenvalue weighted by Gasteiger charge is 2.29. The molecular weight excluding hydrogens is 156 g/mol. The van der Waals surface area contributed by atoms with E-state index in [0.717, 1.165) is 0 Å². The molecule has 0 saturated carbocycles. The Bertz CT molecular complexity index is 185. The standard InChI is InChI=1S/C8H14N2O2/c1-5(2)10-7-6(11)3-4-9-8(7)12/h5,7,10H,3-4H2,1-2H3,(H,9,12). The lowest BCUT2D eigenvalue weighted by molar-refractivity contribution is -0.134. The first-order valence-electron chi connectivity index (χ1n) is 4.17. The Labute approximate surface area is 71.7 Å². The molecule has 0 bridgehead atoms. The van der Waals surface area contributed by atoms with Gasteiger partial charge in [-0.1, -0.05) is 0 Å². The molecule has 0 aromatic heterocycles. The van der Waals surface area contributed by atoms with Gasteiger partial charge >= 0.3 is 0 Å². The van der Waals surface area contributed by atoms with Crippen LogP contribution >= 0.6 is 0 Å². The first kappa shape index (κ1) is 9.19. The molecule has 1 amide bonds. The normalized spacial score (nSPS) is 24.4. The summed E-state index contributed by atoms with van der Waals surface area (Å²) in [5.74, 6) is -0.201. The Morgan fingerprint density at radius 3 is 2.67 bits per heavy atom. The third kappa shape index (κ3) is 2.04. The van der Waals surface area contributed by atoms with Crippen molar-refractivity contribution >= 4 is 11.7 Å². The van der Waals surface area contributed by atoms with Crippen molar-refractivity contribution in [2.75, 3.05) is 6.54 Å². The van der Waals surface area contributed by atoms with Crippen LogP contribution in [-0.2, 0) is 9.59 Å². The highest BCUT2D eigenvalue weighted by atomic mass is 16.2. The van der Waals surface area contributed by atoms with Crippen molar-refractivity contribution in [2.45, 2.75) is 32.4 Å². The molecule has 1 heterocycles. The second-order valence-electron chi connectivity index (χ2n) is 3.26. The minimum atomic E-state index is -0.626. The molecule has 1 fully saturated rings. The molecule has 0 radical (unpaired) electrons. The number of Topliss-reactive ketones (excluding diaryl/α,β-unsaturated/α-hetero) is 1. The summed E-state index contributed by atoms with van der Waals surface area (Å²) in [6.07, 6.45) is 0.441. The fourth-order valence-corrected chi connectivity index (χ4v) is 1.20. The highest BCUT2D eigenvalue weighted by molar-refractivity contribution is 6.07. The zero-order valence-corrected chi connectivity index (χ0v) is 7.39. The molecule has 1 aliphatic rings. The number of hydrogen-bond donors (Lipinski definition) is 2. The van der Waals surface area contributed by atoms with Gasteiger partial charge in [0, 0.05) is 19.0 Å². The molecule has 12 heavy (non-hydrogen) atoms. The SMILES string of the molecule is CC(C)NC1C(=O)CCNC1=O. The van der Waals surface area contributed by atoms with Crippen LogP contribution in [0, 0.1) is 0 Å². The highest BCUT2D eigenvalue weighted by Crippen LogP contribution is 1.99. The third-order valence-electron chi connectivity index (χ3n) is 1.75. The molecule has 1 saturated heterocycles. The molecule has 0 aromatic rings. The number of amides is 1. The van der Waals surface area contributed by atoms with Gasteiger partial charge < -0.3 is 5.32 Å². The van der Waals surface area contributed by atoms with E-state index in [-0.39, 0.29) is 17.7 Å². The van der Waals surface area contributed by atoms with Crippen LogP contribution in [0.1, 0.15) is 20.3 Å². The van der Waals surface area contributed by atoms with Crippen LogP contribution in [0.4, 0.5) is 0 Å². The summed E-state index contributed by atoms with van der Waals surface area (Å²) in [5.41, 5.74) is 0. The van der Waals surface area contributed by atoms with Gasteiger partial charge in [-0.05, 0) is 13.8 Å². The Balaban J connectivity index is 2.57. The maximum atomic E-state index is 11.2. The molecule has 4 heteroatoms. The topological polar surface area (TPSA) is 58.2 Å². The van der Waals surface area contributed by atoms with Gasteiger partial charge in [-0.15, -0.1) is 0 Å². The monoisotopic (exact) mass is 170 g/mol. The van der Waals surface area contributed by atoms with E-state index in [1.165, 1.54) is 0 Å². The van der Waals surface area contributed by atoms with Crippen molar-refractivity contribution in [2.24, 2.45) is 0 Å². The number of carbonyl (C=O) groups excluding carboxylic acids is 2. The fourth-order valence-electron chi connectivity index (χ4n) is 1.20. The van der Waals surface area contributed by atoms with E-state index in [0.29, 0.717) is 13.0 Å². The predicted octanol–water partition coefficient (Wildman–Crippen LogP) is -0.558. The first-order chi connectivity index (χ1) is 5.61. The Morgan fingerprint density at radius 1 is 1.50 bits per heavy atom. The van der Waals surface area contributed by atoms with Crippen molar-refractivity contribution in [3.05, 3.63) is 0 Å². The lowest BCUT2D eigenvalue weighted by Crippen LogP contribution is -2.55. The minimum Gasteiger partial charge on any atom is -0.354 e. The number of piperidine rings is 1. The smallest absolute Gasteiger partial charge is 0.244 e. The largest absolute Gasteiger partial charge is 0.354 e. The van der Waals surface area contributed by atoms with Crippen molar-refractivity contribution < 1.29 is 9.59 Å². The quantitative estimate of drug-likeness (QED) is 0.546. The average molecular weight is 170 g/mol. The fraction of sp³-hybridized carbons (Fsp3) is 0.750. The lowest BCUT2D eigenvalue weighted by atomic mass is 10.0. The van der Waals surface area contributed by atoms with Gasteiger partial charge in [-0.25, -0.2) is 0 Å². The molecule has 1 unspecified atom stereocenters. The number of hydrogen-bond acceptors (Lipinski definition) is 3. The number of ketones is 1. The van der Waals surface area contributed by atoms with Crippen LogP contribution in [0.15, 0.2) is 0 Å². The molecule has 0 spiro atoms. The molecule has 0 aromatic carbocycles. The van der Waals surface area contributed by atoms with Crippen molar-refractivity contribution in [3.63, 3.8) is 0 Å². The third-order valence-corrected chi connectivity index (χ3v) is 1.75. The average Bonchev–Trinajstić information content (AvgIpc) is 1.97. The zero-order chi connectivity index (χ0) is 9.14. The van der Waals surface area contributed by atoms with E-state index in [2.05, 4.69) is 10.6 Å². The predicted molar refractivity (Wildman–Crippen MR) is 44.7 cm³/mol. The summed E-state index contributed by atoms with van der Waals surface area (Å²) in [6, 6.07) is -0.471. The molecule has 4 nitrogen and oxygen atoms in total. The number of nitrogens with one attached hydrogen (secondary N) is 2. The minimum absolute atomic E-state index is 0.00699. The maximum absolute atomic E-state index is 11.2. The van der Waals surface area contributed by atoms with Gasteiger partial charge in [-0.3, -0.25) is 14.9 Å². The summed E-state index contributed by atoms with van der Waals surface area (Å²) in [5, 5.41) is 5.57. The Hall–Kier alpha value is -0.900. The van der Waals surface area contributed by atoms with Crippen LogP contribution < -0.4 is 10.6 Å². The lowest BCUT2D eigenvalue weighted by Gasteiger charge is -2.23. The van der Waals surface area contributed by atoms with E-state index in [1.54, 1.807) is 0 Å².